The van der Waals surface area contributed by atoms with Crippen LogP contribution in [0.25, 0.3) is 11.5 Å². The standard InChI is InChI=1S/C15H8F8N4O2/c16-13(17,15(21,22)23)6-29-11-3-12(28)27(7-24-11)10-5-26-4-8(14(18,19)20)1-2-9(26)25-10/h1-5,7H,6H2. The summed E-state index contributed by atoms with van der Waals surface area (Å²) in [5.74, 6) is -6.10. The number of ether oxygens (including phenoxy) is 1. The van der Waals surface area contributed by atoms with Crippen LogP contribution in [-0.4, -0.2) is 37.6 Å². The zero-order chi connectivity index (χ0) is 21.6. The molecule has 0 bridgehead atoms. The van der Waals surface area contributed by atoms with Crippen molar-refractivity contribution in [2.75, 3.05) is 6.61 Å². The van der Waals surface area contributed by atoms with Crippen LogP contribution in [0.3, 0.4) is 0 Å². The number of rotatable bonds is 4. The molecule has 0 unspecified atom stereocenters. The van der Waals surface area contributed by atoms with E-state index in [1.165, 1.54) is 0 Å². The molecule has 0 aliphatic rings. The summed E-state index contributed by atoms with van der Waals surface area (Å²) >= 11 is 0. The van der Waals surface area contributed by atoms with Crippen molar-refractivity contribution in [3.05, 3.63) is 52.8 Å². The molecule has 0 saturated heterocycles. The Bertz CT molecular complexity index is 1100. The molecule has 0 N–H and O–H groups in total. The third-order valence-electron chi connectivity index (χ3n) is 3.61. The first-order chi connectivity index (χ1) is 13.3. The van der Waals surface area contributed by atoms with E-state index in [0.29, 0.717) is 6.07 Å². The molecule has 3 aromatic heterocycles. The number of pyridine rings is 1. The molecular weight excluding hydrogens is 420 g/mol. The van der Waals surface area contributed by atoms with Crippen LogP contribution in [0.2, 0.25) is 0 Å². The second kappa shape index (κ2) is 6.70. The van der Waals surface area contributed by atoms with Gasteiger partial charge in [-0.3, -0.25) is 4.79 Å². The lowest BCUT2D eigenvalue weighted by Gasteiger charge is -2.19. The van der Waals surface area contributed by atoms with Crippen molar-refractivity contribution >= 4 is 5.65 Å². The third-order valence-corrected chi connectivity index (χ3v) is 3.61. The fourth-order valence-electron chi connectivity index (χ4n) is 2.14. The lowest BCUT2D eigenvalue weighted by molar-refractivity contribution is -0.290. The molecule has 3 rings (SSSR count). The highest BCUT2D eigenvalue weighted by Gasteiger charge is 2.58. The molecule has 156 valence electrons. The van der Waals surface area contributed by atoms with Gasteiger partial charge in [0, 0.05) is 6.20 Å². The van der Waals surface area contributed by atoms with E-state index in [1.54, 1.807) is 0 Å². The second-order valence-corrected chi connectivity index (χ2v) is 5.71. The smallest absolute Gasteiger partial charge is 0.456 e. The van der Waals surface area contributed by atoms with Crippen LogP contribution < -0.4 is 10.3 Å². The summed E-state index contributed by atoms with van der Waals surface area (Å²) in [6.45, 7) is -2.08. The largest absolute Gasteiger partial charge is 0.471 e. The van der Waals surface area contributed by atoms with Gasteiger partial charge >= 0.3 is 18.3 Å². The van der Waals surface area contributed by atoms with E-state index in [2.05, 4.69) is 14.7 Å². The fraction of sp³-hybridized carbons (Fsp3) is 0.267. The van der Waals surface area contributed by atoms with Crippen molar-refractivity contribution in [3.8, 4) is 11.7 Å². The lowest BCUT2D eigenvalue weighted by atomic mass is 10.3. The molecule has 0 aromatic carbocycles. The summed E-state index contributed by atoms with van der Waals surface area (Å²) < 4.78 is 106. The summed E-state index contributed by atoms with van der Waals surface area (Å²) in [4.78, 5) is 19.4. The maximum Gasteiger partial charge on any atom is 0.456 e. The SMILES string of the molecule is O=c1cc(OCC(F)(F)C(F)(F)F)ncn1-c1cn2cc(C(F)(F)F)ccc2n1. The Morgan fingerprint density at radius 3 is 2.28 bits per heavy atom. The number of hydrogen-bond donors (Lipinski definition) is 0. The first kappa shape index (κ1) is 20.5. The number of nitrogens with zero attached hydrogens (tertiary/aromatic N) is 4. The summed E-state index contributed by atoms with van der Waals surface area (Å²) in [7, 11) is 0. The molecule has 0 aliphatic heterocycles. The number of alkyl halides is 8. The Labute approximate surface area is 155 Å². The minimum absolute atomic E-state index is 0.0602. The molecule has 6 nitrogen and oxygen atoms in total. The van der Waals surface area contributed by atoms with E-state index < -0.39 is 41.9 Å². The molecule has 29 heavy (non-hydrogen) atoms. The van der Waals surface area contributed by atoms with Gasteiger partial charge in [-0.2, -0.15) is 35.1 Å². The molecule has 0 aliphatic carbocycles. The highest BCUT2D eigenvalue weighted by molar-refractivity contribution is 5.45. The number of imidazole rings is 1. The van der Waals surface area contributed by atoms with Gasteiger partial charge in [0.05, 0.1) is 17.8 Å². The Balaban J connectivity index is 1.86. The minimum atomic E-state index is -5.84. The van der Waals surface area contributed by atoms with Gasteiger partial charge in [0.25, 0.3) is 5.56 Å². The summed E-state index contributed by atoms with van der Waals surface area (Å²) in [6.07, 6.45) is -7.90. The molecule has 3 aromatic rings. The van der Waals surface area contributed by atoms with Crippen molar-refractivity contribution in [1.29, 1.82) is 0 Å². The predicted molar refractivity (Wildman–Crippen MR) is 80.1 cm³/mol. The Hall–Kier alpha value is -3.19. The van der Waals surface area contributed by atoms with Crippen molar-refractivity contribution in [1.82, 2.24) is 18.9 Å². The molecule has 0 radical (unpaired) electrons. The molecule has 0 saturated carbocycles. The highest BCUT2D eigenvalue weighted by atomic mass is 19.4. The summed E-state index contributed by atoms with van der Waals surface area (Å²) in [5, 5.41) is 0. The minimum Gasteiger partial charge on any atom is -0.471 e. The molecule has 0 spiro atoms. The van der Waals surface area contributed by atoms with Gasteiger partial charge in [-0.05, 0) is 12.1 Å². The van der Waals surface area contributed by atoms with Crippen LogP contribution in [0.4, 0.5) is 35.1 Å². The van der Waals surface area contributed by atoms with Gasteiger partial charge in [-0.15, -0.1) is 0 Å². The Morgan fingerprint density at radius 2 is 1.69 bits per heavy atom. The van der Waals surface area contributed by atoms with Crippen LogP contribution >= 0.6 is 0 Å². The monoisotopic (exact) mass is 428 g/mol. The van der Waals surface area contributed by atoms with Crippen LogP contribution in [0.15, 0.2) is 41.7 Å². The molecule has 0 fully saturated rings. The summed E-state index contributed by atoms with van der Waals surface area (Å²) in [5.41, 5.74) is -1.87. The molecule has 0 amide bonds. The maximum atomic E-state index is 12.8. The van der Waals surface area contributed by atoms with Crippen molar-refractivity contribution in [2.24, 2.45) is 0 Å². The number of fused-ring (bicyclic) bond motifs is 1. The van der Waals surface area contributed by atoms with Crippen LogP contribution in [0, 0.1) is 0 Å². The van der Waals surface area contributed by atoms with Crippen molar-refractivity contribution < 1.29 is 39.9 Å². The Morgan fingerprint density at radius 1 is 1.00 bits per heavy atom. The zero-order valence-electron chi connectivity index (χ0n) is 13.8. The highest BCUT2D eigenvalue weighted by Crippen LogP contribution is 2.35. The van der Waals surface area contributed by atoms with E-state index >= 15 is 0 Å². The van der Waals surface area contributed by atoms with Crippen LogP contribution in [0.5, 0.6) is 5.88 Å². The van der Waals surface area contributed by atoms with Crippen LogP contribution in [-0.2, 0) is 6.18 Å². The average Bonchev–Trinajstić information content (AvgIpc) is 3.01. The van der Waals surface area contributed by atoms with Gasteiger partial charge in [0.2, 0.25) is 5.88 Å². The van der Waals surface area contributed by atoms with Crippen molar-refractivity contribution in [3.63, 3.8) is 0 Å². The predicted octanol–water partition coefficient (Wildman–Crippen LogP) is 3.48. The first-order valence-electron chi connectivity index (χ1n) is 7.50. The molecule has 14 heteroatoms. The number of aromatic nitrogens is 4. The van der Waals surface area contributed by atoms with Gasteiger partial charge in [-0.1, -0.05) is 0 Å². The molecular formula is C15H8F8N4O2. The zero-order valence-corrected chi connectivity index (χ0v) is 13.8. The third kappa shape index (κ3) is 4.14. The van der Waals surface area contributed by atoms with E-state index in [9.17, 15) is 39.9 Å². The van der Waals surface area contributed by atoms with E-state index in [-0.39, 0.29) is 11.5 Å². The molecule has 3 heterocycles. The maximum absolute atomic E-state index is 12.8. The average molecular weight is 428 g/mol. The quantitative estimate of drug-likeness (QED) is 0.598. The number of halogens is 8. The van der Waals surface area contributed by atoms with Crippen LogP contribution in [0.1, 0.15) is 5.56 Å². The van der Waals surface area contributed by atoms with Gasteiger partial charge in [-0.25, -0.2) is 14.5 Å². The first-order valence-corrected chi connectivity index (χ1v) is 7.50. The number of hydrogen-bond acceptors (Lipinski definition) is 4. The second-order valence-electron chi connectivity index (χ2n) is 5.71. The fourth-order valence-corrected chi connectivity index (χ4v) is 2.14. The van der Waals surface area contributed by atoms with E-state index in [4.69, 9.17) is 0 Å². The van der Waals surface area contributed by atoms with Gasteiger partial charge in [0.15, 0.2) is 12.4 Å². The topological polar surface area (TPSA) is 61.4 Å². The summed E-state index contributed by atoms with van der Waals surface area (Å²) in [6, 6.07) is 2.38. The lowest BCUT2D eigenvalue weighted by Crippen LogP contribution is -2.42. The van der Waals surface area contributed by atoms with Gasteiger partial charge < -0.3 is 9.14 Å². The Kier molecular flexibility index (Phi) is 4.75. The van der Waals surface area contributed by atoms with E-state index in [1.807, 2.05) is 0 Å². The van der Waals surface area contributed by atoms with Crippen molar-refractivity contribution in [2.45, 2.75) is 18.3 Å². The van der Waals surface area contributed by atoms with E-state index in [0.717, 1.165) is 39.8 Å². The molecule has 0 atom stereocenters. The normalized spacial score (nSPS) is 13.1. The van der Waals surface area contributed by atoms with Gasteiger partial charge in [0.1, 0.15) is 12.0 Å².